The Morgan fingerprint density at radius 2 is 1.69 bits per heavy atom. The Kier molecular flexibility index (Phi) is 5.11. The first kappa shape index (κ1) is 12.4. The molecule has 0 aromatic carbocycles. The van der Waals surface area contributed by atoms with Gasteiger partial charge in [0.25, 0.3) is 0 Å². The predicted molar refractivity (Wildman–Crippen MR) is 67.6 cm³/mol. The molecule has 2 nitrogen and oxygen atoms in total. The van der Waals surface area contributed by atoms with Gasteiger partial charge in [-0.1, -0.05) is 19.3 Å². The molecule has 0 atom stereocenters. The number of nitrogens with two attached hydrogens (primary N) is 1. The number of likely N-dealkylation sites (tertiary alicyclic amines) is 1. The van der Waals surface area contributed by atoms with Crippen molar-refractivity contribution < 1.29 is 10.2 Å². The monoisotopic (exact) mass is 226 g/mol. The molecular weight excluding hydrogens is 196 g/mol. The maximum Gasteiger partial charge on any atom is 0.0967 e. The summed E-state index contributed by atoms with van der Waals surface area (Å²) in [6.07, 6.45) is 10.4. The van der Waals surface area contributed by atoms with Gasteiger partial charge in [0.15, 0.2) is 0 Å². The van der Waals surface area contributed by atoms with Crippen LogP contribution >= 0.6 is 0 Å². The second kappa shape index (κ2) is 6.61. The van der Waals surface area contributed by atoms with E-state index in [9.17, 15) is 0 Å². The zero-order valence-electron chi connectivity index (χ0n) is 11.0. The fourth-order valence-corrected chi connectivity index (χ4v) is 3.45. The number of piperidine rings is 1. The van der Waals surface area contributed by atoms with Crippen molar-refractivity contribution in [3.63, 3.8) is 0 Å². The van der Waals surface area contributed by atoms with Crippen molar-refractivity contribution >= 4 is 0 Å². The molecule has 0 unspecified atom stereocenters. The lowest BCUT2D eigenvalue weighted by atomic mass is 9.89. The molecule has 0 aromatic heterocycles. The van der Waals surface area contributed by atoms with Crippen LogP contribution in [0.15, 0.2) is 0 Å². The van der Waals surface area contributed by atoms with Gasteiger partial charge in [-0.3, -0.25) is 0 Å². The van der Waals surface area contributed by atoms with E-state index < -0.39 is 0 Å². The van der Waals surface area contributed by atoms with E-state index in [0.29, 0.717) is 0 Å². The number of nitrogens with one attached hydrogen (secondary N) is 1. The summed E-state index contributed by atoms with van der Waals surface area (Å²) in [6, 6.07) is 0.956. The van der Waals surface area contributed by atoms with Crippen molar-refractivity contribution in [2.24, 2.45) is 5.92 Å². The zero-order chi connectivity index (χ0) is 11.2. The third-order valence-corrected chi connectivity index (χ3v) is 4.76. The van der Waals surface area contributed by atoms with Crippen LogP contribution in [-0.2, 0) is 0 Å². The second-order valence-electron chi connectivity index (χ2n) is 5.92. The highest BCUT2D eigenvalue weighted by atomic mass is 15.1. The molecule has 1 saturated heterocycles. The largest absolute Gasteiger partial charge is 0.343 e. The van der Waals surface area contributed by atoms with E-state index in [1.54, 1.807) is 0 Å². The van der Waals surface area contributed by atoms with Crippen LogP contribution in [0.3, 0.4) is 0 Å². The van der Waals surface area contributed by atoms with E-state index in [-0.39, 0.29) is 0 Å². The average molecular weight is 226 g/mol. The van der Waals surface area contributed by atoms with Gasteiger partial charge >= 0.3 is 0 Å². The quantitative estimate of drug-likeness (QED) is 0.683. The minimum Gasteiger partial charge on any atom is -0.343 e. The van der Waals surface area contributed by atoms with Gasteiger partial charge < -0.3 is 10.2 Å². The van der Waals surface area contributed by atoms with Gasteiger partial charge in [-0.25, -0.2) is 0 Å². The number of hydrogen-bond acceptors (Lipinski definition) is 0. The van der Waals surface area contributed by atoms with Gasteiger partial charge in [0.1, 0.15) is 0 Å². The first-order valence-electron chi connectivity index (χ1n) is 7.55. The number of rotatable bonds is 4. The van der Waals surface area contributed by atoms with Crippen molar-refractivity contribution in [3.05, 3.63) is 0 Å². The van der Waals surface area contributed by atoms with Crippen LogP contribution in [0.1, 0.15) is 51.9 Å². The lowest BCUT2D eigenvalue weighted by Crippen LogP contribution is -3.14. The second-order valence-corrected chi connectivity index (χ2v) is 5.92. The van der Waals surface area contributed by atoms with E-state index in [1.165, 1.54) is 71.1 Å². The van der Waals surface area contributed by atoms with E-state index in [1.807, 2.05) is 4.90 Å². The van der Waals surface area contributed by atoms with E-state index >= 15 is 0 Å². The van der Waals surface area contributed by atoms with Crippen molar-refractivity contribution in [1.29, 1.82) is 0 Å². The molecule has 0 radical (unpaired) electrons. The topological polar surface area (TPSA) is 21.1 Å². The molecule has 2 aliphatic rings. The van der Waals surface area contributed by atoms with Crippen LogP contribution in [0.5, 0.6) is 0 Å². The summed E-state index contributed by atoms with van der Waals surface area (Å²) in [5.41, 5.74) is 0. The van der Waals surface area contributed by atoms with Crippen molar-refractivity contribution in [3.8, 4) is 0 Å². The van der Waals surface area contributed by atoms with Gasteiger partial charge in [0.2, 0.25) is 0 Å². The fourth-order valence-electron chi connectivity index (χ4n) is 3.45. The Hall–Kier alpha value is -0.0800. The molecule has 94 valence electrons. The molecule has 0 amide bonds. The Balaban J connectivity index is 1.59. The van der Waals surface area contributed by atoms with Crippen LogP contribution in [0.2, 0.25) is 0 Å². The molecule has 16 heavy (non-hydrogen) atoms. The summed E-state index contributed by atoms with van der Waals surface area (Å²) < 4.78 is 0. The predicted octanol–water partition coefficient (Wildman–Crippen LogP) is 0.197. The van der Waals surface area contributed by atoms with E-state index in [0.717, 1.165) is 12.0 Å². The molecule has 0 aromatic rings. The minimum absolute atomic E-state index is 0.956. The first-order chi connectivity index (χ1) is 7.88. The molecule has 1 heterocycles. The normalized spacial score (nSPS) is 32.8. The van der Waals surface area contributed by atoms with Gasteiger partial charge in [-0.05, 0) is 19.8 Å². The zero-order valence-corrected chi connectivity index (χ0v) is 11.0. The van der Waals surface area contributed by atoms with Crippen LogP contribution in [0.4, 0.5) is 0 Å². The minimum atomic E-state index is 0.956. The van der Waals surface area contributed by atoms with E-state index in [4.69, 9.17) is 0 Å². The van der Waals surface area contributed by atoms with Crippen LogP contribution in [-0.4, -0.2) is 32.2 Å². The Morgan fingerprint density at radius 3 is 2.31 bits per heavy atom. The lowest BCUT2D eigenvalue weighted by molar-refractivity contribution is -0.911. The SMILES string of the molecule is CC[NH+]1CCC([NH2+]CC2CCCCC2)CC1. The average Bonchev–Trinajstić information content (AvgIpc) is 2.38. The summed E-state index contributed by atoms with van der Waals surface area (Å²) in [6.45, 7) is 7.91. The van der Waals surface area contributed by atoms with Gasteiger partial charge in [0, 0.05) is 18.8 Å². The van der Waals surface area contributed by atoms with Crippen molar-refractivity contribution in [2.75, 3.05) is 26.2 Å². The van der Waals surface area contributed by atoms with Crippen LogP contribution in [0.25, 0.3) is 0 Å². The highest BCUT2D eigenvalue weighted by molar-refractivity contribution is 4.65. The summed E-state index contributed by atoms with van der Waals surface area (Å²) in [5.74, 6) is 1.05. The highest BCUT2D eigenvalue weighted by Crippen LogP contribution is 2.21. The third kappa shape index (κ3) is 3.74. The van der Waals surface area contributed by atoms with Crippen molar-refractivity contribution in [1.82, 2.24) is 0 Å². The van der Waals surface area contributed by atoms with Crippen LogP contribution < -0.4 is 10.2 Å². The molecular formula is C14H30N2+2. The molecule has 2 rings (SSSR count). The standard InChI is InChI=1S/C14H28N2/c1-2-16-10-8-14(9-11-16)15-12-13-6-4-3-5-7-13/h13-15H,2-12H2,1H3/p+2. The molecule has 1 aliphatic heterocycles. The number of quaternary nitrogens is 2. The first-order valence-corrected chi connectivity index (χ1v) is 7.55. The van der Waals surface area contributed by atoms with Gasteiger partial charge in [-0.15, -0.1) is 0 Å². The molecule has 0 bridgehead atoms. The number of hydrogen-bond donors (Lipinski definition) is 2. The third-order valence-electron chi connectivity index (χ3n) is 4.76. The van der Waals surface area contributed by atoms with Gasteiger partial charge in [-0.2, -0.15) is 0 Å². The lowest BCUT2D eigenvalue weighted by Gasteiger charge is -2.28. The van der Waals surface area contributed by atoms with E-state index in [2.05, 4.69) is 12.2 Å². The molecule has 2 heteroatoms. The molecule has 1 aliphatic carbocycles. The fraction of sp³-hybridized carbons (Fsp3) is 1.00. The van der Waals surface area contributed by atoms with Gasteiger partial charge in [0.05, 0.1) is 32.2 Å². The smallest absolute Gasteiger partial charge is 0.0967 e. The summed E-state index contributed by atoms with van der Waals surface area (Å²) >= 11 is 0. The molecule has 0 spiro atoms. The van der Waals surface area contributed by atoms with Crippen molar-refractivity contribution in [2.45, 2.75) is 57.9 Å². The highest BCUT2D eigenvalue weighted by Gasteiger charge is 2.24. The Bertz CT molecular complexity index is 179. The van der Waals surface area contributed by atoms with Crippen LogP contribution in [0, 0.1) is 5.92 Å². The summed E-state index contributed by atoms with van der Waals surface area (Å²) in [4.78, 5) is 1.82. The Labute approximate surface area is 101 Å². The maximum atomic E-state index is 2.68. The Morgan fingerprint density at radius 1 is 1.00 bits per heavy atom. The molecule has 1 saturated carbocycles. The summed E-state index contributed by atoms with van der Waals surface area (Å²) in [7, 11) is 0. The molecule has 2 fully saturated rings. The molecule has 3 N–H and O–H groups in total. The maximum absolute atomic E-state index is 2.68. The summed E-state index contributed by atoms with van der Waals surface area (Å²) in [5, 5.41) is 2.68.